The van der Waals surface area contributed by atoms with Gasteiger partial charge in [-0.25, -0.2) is 4.79 Å². The van der Waals surface area contributed by atoms with Crippen LogP contribution in [-0.4, -0.2) is 40.7 Å². The second-order valence-corrected chi connectivity index (χ2v) is 5.01. The van der Waals surface area contributed by atoms with Crippen molar-refractivity contribution in [1.82, 2.24) is 9.80 Å². The predicted molar refractivity (Wildman–Crippen MR) is 78.6 cm³/mol. The third kappa shape index (κ3) is 2.04. The Bertz CT molecular complexity index is 542. The topological polar surface area (TPSA) is 57.7 Å². The van der Waals surface area contributed by atoms with E-state index in [0.29, 0.717) is 12.0 Å². The highest BCUT2D eigenvalue weighted by atomic mass is 16.2. The van der Waals surface area contributed by atoms with Crippen LogP contribution in [0.4, 0.5) is 4.79 Å². The summed E-state index contributed by atoms with van der Waals surface area (Å²) < 4.78 is 0. The van der Waals surface area contributed by atoms with Crippen LogP contribution in [0.1, 0.15) is 32.8 Å². The van der Waals surface area contributed by atoms with Gasteiger partial charge in [0.05, 0.1) is 0 Å². The van der Waals surface area contributed by atoms with E-state index in [0.717, 1.165) is 0 Å². The first-order valence-corrected chi connectivity index (χ1v) is 7.27. The molecular formula is C16H20N2O3. The number of nitrogens with zero attached hydrogens (tertiary/aromatic N) is 2. The van der Waals surface area contributed by atoms with Crippen molar-refractivity contribution in [2.45, 2.75) is 32.6 Å². The van der Waals surface area contributed by atoms with Gasteiger partial charge in [0.25, 0.3) is 11.8 Å². The Labute approximate surface area is 124 Å². The molecule has 0 bridgehead atoms. The molecule has 1 aromatic rings. The van der Waals surface area contributed by atoms with E-state index in [1.165, 1.54) is 9.80 Å². The van der Waals surface area contributed by atoms with E-state index < -0.39 is 23.3 Å². The van der Waals surface area contributed by atoms with Crippen LogP contribution in [0.5, 0.6) is 0 Å². The van der Waals surface area contributed by atoms with Crippen LogP contribution in [0.25, 0.3) is 0 Å². The molecule has 1 aliphatic rings. The summed E-state index contributed by atoms with van der Waals surface area (Å²) in [5.41, 5.74) is -0.645. The third-order valence-corrected chi connectivity index (χ3v) is 4.11. The van der Waals surface area contributed by atoms with Crippen LogP contribution in [0.15, 0.2) is 30.3 Å². The van der Waals surface area contributed by atoms with Crippen molar-refractivity contribution in [2.24, 2.45) is 0 Å². The van der Waals surface area contributed by atoms with Crippen molar-refractivity contribution >= 4 is 17.8 Å². The average molecular weight is 288 g/mol. The quantitative estimate of drug-likeness (QED) is 0.798. The first-order valence-electron chi connectivity index (χ1n) is 7.27. The van der Waals surface area contributed by atoms with E-state index in [-0.39, 0.29) is 13.1 Å². The number of rotatable bonds is 4. The molecule has 0 aromatic heterocycles. The summed E-state index contributed by atoms with van der Waals surface area (Å²) in [7, 11) is 0. The molecule has 2 rings (SSSR count). The molecule has 0 N–H and O–H groups in total. The van der Waals surface area contributed by atoms with Gasteiger partial charge >= 0.3 is 6.03 Å². The molecule has 1 fully saturated rings. The number of barbiturate groups is 1. The monoisotopic (exact) mass is 288 g/mol. The lowest BCUT2D eigenvalue weighted by Gasteiger charge is -2.43. The molecule has 1 heterocycles. The molecule has 0 saturated carbocycles. The Morgan fingerprint density at radius 3 is 1.71 bits per heavy atom. The fourth-order valence-corrected chi connectivity index (χ4v) is 2.91. The molecule has 0 atom stereocenters. The fourth-order valence-electron chi connectivity index (χ4n) is 2.91. The van der Waals surface area contributed by atoms with Crippen LogP contribution in [0, 0.1) is 0 Å². The number of carbonyl (C=O) groups excluding carboxylic acids is 3. The molecule has 4 amide bonds. The minimum absolute atomic E-state index is 0.260. The minimum Gasteiger partial charge on any atom is -0.273 e. The van der Waals surface area contributed by atoms with Gasteiger partial charge in [-0.3, -0.25) is 19.4 Å². The SMILES string of the molecule is CCN1C(=O)N(CC)C(=O)C(CC)(c2ccccc2)C1=O. The number of hydrogen-bond donors (Lipinski definition) is 0. The first kappa shape index (κ1) is 15.2. The van der Waals surface area contributed by atoms with Crippen molar-refractivity contribution in [1.29, 1.82) is 0 Å². The molecule has 1 aliphatic heterocycles. The van der Waals surface area contributed by atoms with Gasteiger partial charge in [0.15, 0.2) is 5.41 Å². The number of amides is 4. The smallest absolute Gasteiger partial charge is 0.273 e. The number of urea groups is 1. The molecule has 112 valence electrons. The zero-order valence-electron chi connectivity index (χ0n) is 12.6. The van der Waals surface area contributed by atoms with Crippen molar-refractivity contribution in [2.75, 3.05) is 13.1 Å². The van der Waals surface area contributed by atoms with E-state index in [4.69, 9.17) is 0 Å². The van der Waals surface area contributed by atoms with E-state index in [1.54, 1.807) is 45.0 Å². The molecule has 21 heavy (non-hydrogen) atoms. The van der Waals surface area contributed by atoms with Crippen molar-refractivity contribution in [3.63, 3.8) is 0 Å². The zero-order chi connectivity index (χ0) is 15.6. The Morgan fingerprint density at radius 1 is 0.857 bits per heavy atom. The van der Waals surface area contributed by atoms with E-state index in [1.807, 2.05) is 6.07 Å². The lowest BCUT2D eigenvalue weighted by molar-refractivity contribution is -0.152. The van der Waals surface area contributed by atoms with E-state index >= 15 is 0 Å². The summed E-state index contributed by atoms with van der Waals surface area (Å²) in [5, 5.41) is 0. The molecule has 5 nitrogen and oxygen atoms in total. The molecule has 5 heteroatoms. The zero-order valence-corrected chi connectivity index (χ0v) is 12.6. The maximum absolute atomic E-state index is 12.8. The summed E-state index contributed by atoms with van der Waals surface area (Å²) >= 11 is 0. The standard InChI is InChI=1S/C16H20N2O3/c1-4-16(12-10-8-7-9-11-12)13(19)17(5-2)15(21)18(6-3)14(16)20/h7-11H,4-6H2,1-3H3. The van der Waals surface area contributed by atoms with Crippen molar-refractivity contribution in [3.8, 4) is 0 Å². The molecule has 1 aromatic carbocycles. The number of hydrogen-bond acceptors (Lipinski definition) is 3. The summed E-state index contributed by atoms with van der Waals surface area (Å²) in [6.07, 6.45) is 0.328. The minimum atomic E-state index is -1.29. The van der Waals surface area contributed by atoms with Crippen LogP contribution in [0.3, 0.4) is 0 Å². The number of likely N-dealkylation sites (N-methyl/N-ethyl adjacent to an activating group) is 2. The predicted octanol–water partition coefficient (Wildman–Crippen LogP) is 2.17. The first-order chi connectivity index (χ1) is 10.0. The second kappa shape index (κ2) is 5.68. The number of imide groups is 2. The Kier molecular flexibility index (Phi) is 4.11. The van der Waals surface area contributed by atoms with Gasteiger partial charge in [0, 0.05) is 13.1 Å². The molecule has 0 unspecified atom stereocenters. The van der Waals surface area contributed by atoms with Crippen LogP contribution in [0.2, 0.25) is 0 Å². The van der Waals surface area contributed by atoms with Gasteiger partial charge in [-0.15, -0.1) is 0 Å². The van der Waals surface area contributed by atoms with Gasteiger partial charge in [-0.2, -0.15) is 0 Å². The van der Waals surface area contributed by atoms with Gasteiger partial charge in [-0.1, -0.05) is 37.3 Å². The van der Waals surface area contributed by atoms with E-state index in [9.17, 15) is 14.4 Å². The fraction of sp³-hybridized carbons (Fsp3) is 0.438. The largest absolute Gasteiger partial charge is 0.333 e. The molecule has 0 spiro atoms. The summed E-state index contributed by atoms with van der Waals surface area (Å²) in [6, 6.07) is 8.47. The lowest BCUT2D eigenvalue weighted by Crippen LogP contribution is -2.66. The maximum Gasteiger partial charge on any atom is 0.333 e. The van der Waals surface area contributed by atoms with Crippen molar-refractivity contribution in [3.05, 3.63) is 35.9 Å². The summed E-state index contributed by atoms with van der Waals surface area (Å²) in [5.74, 6) is -0.836. The number of benzene rings is 1. The van der Waals surface area contributed by atoms with Gasteiger partial charge in [0.2, 0.25) is 0 Å². The maximum atomic E-state index is 12.8. The Balaban J connectivity index is 2.65. The van der Waals surface area contributed by atoms with Gasteiger partial charge in [0.1, 0.15) is 0 Å². The normalized spacial score (nSPS) is 18.3. The van der Waals surface area contributed by atoms with Crippen LogP contribution in [-0.2, 0) is 15.0 Å². The molecule has 0 aliphatic carbocycles. The van der Waals surface area contributed by atoms with Crippen LogP contribution < -0.4 is 0 Å². The molecular weight excluding hydrogens is 268 g/mol. The average Bonchev–Trinajstić information content (AvgIpc) is 2.50. The number of carbonyl (C=O) groups is 3. The molecule has 0 radical (unpaired) electrons. The second-order valence-electron chi connectivity index (χ2n) is 5.01. The lowest BCUT2D eigenvalue weighted by atomic mass is 9.74. The van der Waals surface area contributed by atoms with Crippen molar-refractivity contribution < 1.29 is 14.4 Å². The highest BCUT2D eigenvalue weighted by Gasteiger charge is 2.56. The van der Waals surface area contributed by atoms with Gasteiger partial charge in [-0.05, 0) is 25.8 Å². The van der Waals surface area contributed by atoms with E-state index in [2.05, 4.69) is 0 Å². The summed E-state index contributed by atoms with van der Waals surface area (Å²) in [4.78, 5) is 40.3. The van der Waals surface area contributed by atoms with Gasteiger partial charge < -0.3 is 0 Å². The summed E-state index contributed by atoms with van der Waals surface area (Å²) in [6.45, 7) is 5.81. The third-order valence-electron chi connectivity index (χ3n) is 4.11. The van der Waals surface area contributed by atoms with Crippen LogP contribution >= 0.6 is 0 Å². The Morgan fingerprint density at radius 2 is 1.33 bits per heavy atom. The highest BCUT2D eigenvalue weighted by molar-refractivity contribution is 6.22. The highest BCUT2D eigenvalue weighted by Crippen LogP contribution is 2.36. The molecule has 1 saturated heterocycles. The Hall–Kier alpha value is -2.17.